The van der Waals surface area contributed by atoms with Crippen LogP contribution < -0.4 is 10.6 Å². The Hall–Kier alpha value is -1.69. The van der Waals surface area contributed by atoms with E-state index in [0.717, 1.165) is 23.5 Å². The molecule has 0 saturated heterocycles. The number of nitrogens with zero attached hydrogens (tertiary/aromatic N) is 2. The number of amides is 1. The molecule has 1 aromatic rings. The third-order valence-corrected chi connectivity index (χ3v) is 2.75. The lowest BCUT2D eigenvalue weighted by Crippen LogP contribution is -2.26. The number of hydrogen-bond acceptors (Lipinski definition) is 5. The summed E-state index contributed by atoms with van der Waals surface area (Å²) in [4.78, 5) is 18.9. The molecule has 0 aromatic carbocycles. The van der Waals surface area contributed by atoms with Crippen LogP contribution in [0, 0.1) is 0 Å². The Morgan fingerprint density at radius 1 is 1.53 bits per heavy atom. The number of carbonyl (C=O) groups is 1. The van der Waals surface area contributed by atoms with E-state index in [-0.39, 0.29) is 5.91 Å². The number of carbonyl (C=O) groups excluding carboxylic acids is 1. The molecule has 0 radical (unpaired) electrons. The van der Waals surface area contributed by atoms with Crippen LogP contribution >= 0.6 is 0 Å². The largest absolute Gasteiger partial charge is 0.387 e. The highest BCUT2D eigenvalue weighted by atomic mass is 16.3. The predicted octanol–water partition coefficient (Wildman–Crippen LogP) is 0.00420. The van der Waals surface area contributed by atoms with Crippen molar-refractivity contribution in [1.29, 1.82) is 0 Å². The maximum Gasteiger partial charge on any atom is 0.216 e. The standard InChI is InChI=1S/C11H16N4O2/c1-7(16)12-4-5-13-11-8-2-3-9(17)10(8)14-6-15-11/h6,9,17H,2-5H2,1H3,(H,12,16)(H,13,14,15). The Kier molecular flexibility index (Phi) is 3.53. The molecule has 1 aromatic heterocycles. The molecule has 17 heavy (non-hydrogen) atoms. The number of aliphatic hydroxyl groups excluding tert-OH is 1. The second kappa shape index (κ2) is 5.09. The van der Waals surface area contributed by atoms with Gasteiger partial charge >= 0.3 is 0 Å². The summed E-state index contributed by atoms with van der Waals surface area (Å²) < 4.78 is 0. The van der Waals surface area contributed by atoms with Crippen LogP contribution in [0.25, 0.3) is 0 Å². The lowest BCUT2D eigenvalue weighted by molar-refractivity contribution is -0.118. The van der Waals surface area contributed by atoms with E-state index in [1.54, 1.807) is 0 Å². The van der Waals surface area contributed by atoms with Crippen molar-refractivity contribution in [3.8, 4) is 0 Å². The van der Waals surface area contributed by atoms with E-state index in [1.807, 2.05) is 0 Å². The molecule has 2 rings (SSSR count). The fourth-order valence-electron chi connectivity index (χ4n) is 1.95. The first kappa shape index (κ1) is 11.8. The molecule has 1 atom stereocenters. The van der Waals surface area contributed by atoms with Gasteiger partial charge in [0.05, 0.1) is 11.8 Å². The monoisotopic (exact) mass is 236 g/mol. The molecule has 1 aliphatic carbocycles. The van der Waals surface area contributed by atoms with Gasteiger partial charge in [-0.3, -0.25) is 4.79 Å². The number of fused-ring (bicyclic) bond motifs is 1. The lowest BCUT2D eigenvalue weighted by atomic mass is 10.2. The van der Waals surface area contributed by atoms with Crippen LogP contribution in [0.5, 0.6) is 0 Å². The highest BCUT2D eigenvalue weighted by Gasteiger charge is 2.24. The van der Waals surface area contributed by atoms with Gasteiger partial charge < -0.3 is 15.7 Å². The smallest absolute Gasteiger partial charge is 0.216 e. The van der Waals surface area contributed by atoms with Crippen LogP contribution in [0.3, 0.4) is 0 Å². The minimum Gasteiger partial charge on any atom is -0.387 e. The van der Waals surface area contributed by atoms with E-state index in [9.17, 15) is 9.90 Å². The molecule has 0 aliphatic heterocycles. The first-order valence-corrected chi connectivity index (χ1v) is 5.68. The summed E-state index contributed by atoms with van der Waals surface area (Å²) in [5, 5.41) is 15.5. The SMILES string of the molecule is CC(=O)NCCNc1ncnc2c1CCC2O. The third-order valence-electron chi connectivity index (χ3n) is 2.75. The Morgan fingerprint density at radius 3 is 3.12 bits per heavy atom. The van der Waals surface area contributed by atoms with Gasteiger partial charge in [0, 0.05) is 25.6 Å². The molecule has 0 fully saturated rings. The Labute approximate surface area is 99.5 Å². The minimum atomic E-state index is -0.469. The van der Waals surface area contributed by atoms with Gasteiger partial charge in [-0.1, -0.05) is 0 Å². The summed E-state index contributed by atoms with van der Waals surface area (Å²) in [5.41, 5.74) is 1.71. The van der Waals surface area contributed by atoms with Crippen molar-refractivity contribution in [1.82, 2.24) is 15.3 Å². The van der Waals surface area contributed by atoms with Crippen LogP contribution in [0.15, 0.2) is 6.33 Å². The van der Waals surface area contributed by atoms with E-state index in [0.29, 0.717) is 19.5 Å². The van der Waals surface area contributed by atoms with Crippen molar-refractivity contribution < 1.29 is 9.90 Å². The summed E-state index contributed by atoms with van der Waals surface area (Å²) in [7, 11) is 0. The van der Waals surface area contributed by atoms with Gasteiger partial charge in [0.15, 0.2) is 0 Å². The van der Waals surface area contributed by atoms with Gasteiger partial charge in [-0.25, -0.2) is 9.97 Å². The maximum absolute atomic E-state index is 10.7. The van der Waals surface area contributed by atoms with Gasteiger partial charge in [0.2, 0.25) is 5.91 Å². The molecular formula is C11H16N4O2. The molecule has 3 N–H and O–H groups in total. The number of nitrogens with one attached hydrogen (secondary N) is 2. The van der Waals surface area contributed by atoms with Gasteiger partial charge in [-0.15, -0.1) is 0 Å². The summed E-state index contributed by atoms with van der Waals surface area (Å²) in [6, 6.07) is 0. The zero-order chi connectivity index (χ0) is 12.3. The van der Waals surface area contributed by atoms with Crippen LogP contribution in [-0.4, -0.2) is 34.1 Å². The lowest BCUT2D eigenvalue weighted by Gasteiger charge is -2.10. The molecular weight excluding hydrogens is 220 g/mol. The third kappa shape index (κ3) is 2.71. The molecule has 6 nitrogen and oxygen atoms in total. The van der Waals surface area contributed by atoms with Crippen molar-refractivity contribution in [2.75, 3.05) is 18.4 Å². The van der Waals surface area contributed by atoms with Crippen molar-refractivity contribution in [3.63, 3.8) is 0 Å². The van der Waals surface area contributed by atoms with Gasteiger partial charge in [-0.05, 0) is 12.8 Å². The van der Waals surface area contributed by atoms with Crippen molar-refractivity contribution in [2.24, 2.45) is 0 Å². The summed E-state index contributed by atoms with van der Waals surface area (Å²) in [6.07, 6.45) is 2.48. The van der Waals surface area contributed by atoms with Crippen LogP contribution in [-0.2, 0) is 11.2 Å². The van der Waals surface area contributed by atoms with Gasteiger partial charge in [0.25, 0.3) is 0 Å². The molecule has 1 unspecified atom stereocenters. The molecule has 1 amide bonds. The molecule has 0 spiro atoms. The van der Waals surface area contributed by atoms with Crippen molar-refractivity contribution >= 4 is 11.7 Å². The van der Waals surface area contributed by atoms with Crippen molar-refractivity contribution in [3.05, 3.63) is 17.6 Å². The van der Waals surface area contributed by atoms with E-state index in [1.165, 1.54) is 13.3 Å². The number of hydrogen-bond donors (Lipinski definition) is 3. The topological polar surface area (TPSA) is 87.1 Å². The molecule has 92 valence electrons. The summed E-state index contributed by atoms with van der Waals surface area (Å²) in [5.74, 6) is 0.715. The fourth-order valence-corrected chi connectivity index (χ4v) is 1.95. The normalized spacial score (nSPS) is 17.6. The number of aromatic nitrogens is 2. The molecule has 1 aliphatic rings. The number of aliphatic hydroxyl groups is 1. The second-order valence-electron chi connectivity index (χ2n) is 4.05. The Balaban J connectivity index is 1.96. The fraction of sp³-hybridized carbons (Fsp3) is 0.545. The quantitative estimate of drug-likeness (QED) is 0.641. The highest BCUT2D eigenvalue weighted by molar-refractivity contribution is 5.72. The van der Waals surface area contributed by atoms with Crippen LogP contribution in [0.1, 0.15) is 30.7 Å². The zero-order valence-electron chi connectivity index (χ0n) is 9.73. The second-order valence-corrected chi connectivity index (χ2v) is 4.05. The average Bonchev–Trinajstić information content (AvgIpc) is 2.67. The zero-order valence-corrected chi connectivity index (χ0v) is 9.73. The highest BCUT2D eigenvalue weighted by Crippen LogP contribution is 2.32. The molecule has 0 saturated carbocycles. The molecule has 1 heterocycles. The maximum atomic E-state index is 10.7. The first-order valence-electron chi connectivity index (χ1n) is 5.68. The molecule has 6 heteroatoms. The molecule has 0 bridgehead atoms. The Bertz CT molecular complexity index is 422. The van der Waals surface area contributed by atoms with E-state index >= 15 is 0 Å². The summed E-state index contributed by atoms with van der Waals surface area (Å²) in [6.45, 7) is 2.65. The minimum absolute atomic E-state index is 0.0462. The number of anilines is 1. The van der Waals surface area contributed by atoms with Crippen LogP contribution in [0.2, 0.25) is 0 Å². The van der Waals surface area contributed by atoms with Crippen LogP contribution in [0.4, 0.5) is 5.82 Å². The summed E-state index contributed by atoms with van der Waals surface area (Å²) >= 11 is 0. The first-order chi connectivity index (χ1) is 8.18. The van der Waals surface area contributed by atoms with Crippen molar-refractivity contribution in [2.45, 2.75) is 25.9 Å². The van der Waals surface area contributed by atoms with E-state index in [2.05, 4.69) is 20.6 Å². The van der Waals surface area contributed by atoms with E-state index < -0.39 is 6.10 Å². The number of rotatable bonds is 4. The van der Waals surface area contributed by atoms with Gasteiger partial charge in [0.1, 0.15) is 12.1 Å². The Morgan fingerprint density at radius 2 is 2.35 bits per heavy atom. The average molecular weight is 236 g/mol. The van der Waals surface area contributed by atoms with E-state index in [4.69, 9.17) is 0 Å². The predicted molar refractivity (Wildman–Crippen MR) is 62.5 cm³/mol. The van der Waals surface area contributed by atoms with Gasteiger partial charge in [-0.2, -0.15) is 0 Å².